The molecule has 1 amide bonds. The maximum atomic E-state index is 12.3. The zero-order valence-electron chi connectivity index (χ0n) is 12.5. The maximum absolute atomic E-state index is 12.3. The normalized spacial score (nSPS) is 14.7. The summed E-state index contributed by atoms with van der Waals surface area (Å²) in [5.74, 6) is -0.256. The van der Waals surface area contributed by atoms with E-state index in [0.717, 1.165) is 30.2 Å². The summed E-state index contributed by atoms with van der Waals surface area (Å²) in [4.78, 5) is 14.5. The fourth-order valence-corrected chi connectivity index (χ4v) is 2.37. The second kappa shape index (κ2) is 6.53. The summed E-state index contributed by atoms with van der Waals surface area (Å²) in [5.41, 5.74) is 2.86. The molecule has 1 aromatic heterocycles. The molecule has 1 N–H and O–H groups in total. The van der Waals surface area contributed by atoms with Crippen molar-refractivity contribution >= 4 is 17.3 Å². The first-order valence-corrected chi connectivity index (χ1v) is 7.27. The number of ether oxygens (including phenoxy) is 1. The zero-order chi connectivity index (χ0) is 15.4. The lowest BCUT2D eigenvalue weighted by atomic mass is 10.2. The third kappa shape index (κ3) is 3.23. The Morgan fingerprint density at radius 1 is 1.14 bits per heavy atom. The van der Waals surface area contributed by atoms with Gasteiger partial charge < -0.3 is 15.0 Å². The van der Waals surface area contributed by atoms with Crippen molar-refractivity contribution in [3.63, 3.8) is 0 Å². The fraction of sp³-hybridized carbons (Fsp3) is 0.312. The van der Waals surface area contributed by atoms with Gasteiger partial charge in [0.25, 0.3) is 5.91 Å². The number of carbonyl (C=O) groups is 1. The molecule has 0 spiro atoms. The molecule has 3 rings (SSSR count). The molecule has 6 nitrogen and oxygen atoms in total. The monoisotopic (exact) mass is 298 g/mol. The van der Waals surface area contributed by atoms with Crippen molar-refractivity contribution in [2.45, 2.75) is 6.92 Å². The average Bonchev–Trinajstić information content (AvgIpc) is 2.57. The van der Waals surface area contributed by atoms with E-state index in [1.807, 2.05) is 31.2 Å². The Labute approximate surface area is 129 Å². The van der Waals surface area contributed by atoms with E-state index in [-0.39, 0.29) is 5.91 Å². The molecular weight excluding hydrogens is 280 g/mol. The summed E-state index contributed by atoms with van der Waals surface area (Å²) in [6.07, 6.45) is 0. The Morgan fingerprint density at radius 3 is 2.64 bits per heavy atom. The van der Waals surface area contributed by atoms with Gasteiger partial charge in [0, 0.05) is 13.1 Å². The van der Waals surface area contributed by atoms with Crippen LogP contribution in [0.15, 0.2) is 36.4 Å². The summed E-state index contributed by atoms with van der Waals surface area (Å²) in [5, 5.41) is 10.8. The van der Waals surface area contributed by atoms with E-state index in [4.69, 9.17) is 4.74 Å². The Bertz CT molecular complexity index is 651. The molecular formula is C16H18N4O2. The van der Waals surface area contributed by atoms with Gasteiger partial charge in [0.1, 0.15) is 0 Å². The number of hydrogen-bond acceptors (Lipinski definition) is 5. The lowest BCUT2D eigenvalue weighted by Crippen LogP contribution is -2.36. The van der Waals surface area contributed by atoms with Gasteiger partial charge >= 0.3 is 0 Å². The van der Waals surface area contributed by atoms with Crippen molar-refractivity contribution in [1.82, 2.24) is 10.2 Å². The summed E-state index contributed by atoms with van der Waals surface area (Å²) < 4.78 is 5.38. The number of aryl methyl sites for hydroxylation is 1. The predicted molar refractivity (Wildman–Crippen MR) is 84.2 cm³/mol. The summed E-state index contributed by atoms with van der Waals surface area (Å²) in [6, 6.07) is 11.2. The molecule has 1 fully saturated rings. The quantitative estimate of drug-likeness (QED) is 0.937. The number of para-hydroxylation sites is 2. The van der Waals surface area contributed by atoms with E-state index in [2.05, 4.69) is 20.4 Å². The smallest absolute Gasteiger partial charge is 0.276 e. The Hall–Kier alpha value is -2.47. The van der Waals surface area contributed by atoms with Crippen molar-refractivity contribution < 1.29 is 9.53 Å². The number of morpholine rings is 1. The van der Waals surface area contributed by atoms with Crippen LogP contribution in [0, 0.1) is 6.92 Å². The molecule has 1 aliphatic rings. The Morgan fingerprint density at radius 2 is 1.91 bits per heavy atom. The number of hydrogen-bond donors (Lipinski definition) is 1. The highest BCUT2D eigenvalue weighted by molar-refractivity contribution is 6.04. The highest BCUT2D eigenvalue weighted by atomic mass is 16.5. The molecule has 0 radical (unpaired) electrons. The number of rotatable bonds is 3. The van der Waals surface area contributed by atoms with Crippen molar-refractivity contribution in [2.24, 2.45) is 0 Å². The number of nitrogens with one attached hydrogen (secondary N) is 1. The molecule has 114 valence electrons. The number of aromatic nitrogens is 2. The van der Waals surface area contributed by atoms with Crippen molar-refractivity contribution in [3.05, 3.63) is 47.8 Å². The van der Waals surface area contributed by atoms with Gasteiger partial charge in [-0.05, 0) is 31.2 Å². The van der Waals surface area contributed by atoms with Crippen LogP contribution in [-0.2, 0) is 4.74 Å². The topological polar surface area (TPSA) is 67.4 Å². The van der Waals surface area contributed by atoms with Crippen LogP contribution in [0.3, 0.4) is 0 Å². The molecule has 0 unspecified atom stereocenters. The maximum Gasteiger partial charge on any atom is 0.276 e. The van der Waals surface area contributed by atoms with Gasteiger partial charge in [-0.3, -0.25) is 4.79 Å². The van der Waals surface area contributed by atoms with Crippen molar-refractivity contribution in [2.75, 3.05) is 36.5 Å². The minimum Gasteiger partial charge on any atom is -0.378 e. The van der Waals surface area contributed by atoms with E-state index < -0.39 is 0 Å². The largest absolute Gasteiger partial charge is 0.378 e. The van der Waals surface area contributed by atoms with Gasteiger partial charge in [0.05, 0.1) is 30.3 Å². The number of benzene rings is 1. The third-order valence-corrected chi connectivity index (χ3v) is 3.53. The second-order valence-corrected chi connectivity index (χ2v) is 5.13. The first-order valence-electron chi connectivity index (χ1n) is 7.27. The van der Waals surface area contributed by atoms with Gasteiger partial charge in [0.2, 0.25) is 0 Å². The van der Waals surface area contributed by atoms with Gasteiger partial charge in [-0.15, -0.1) is 5.10 Å². The number of anilines is 2. The van der Waals surface area contributed by atoms with Gasteiger partial charge in [0.15, 0.2) is 5.69 Å². The minimum atomic E-state index is -0.256. The van der Waals surface area contributed by atoms with Gasteiger partial charge in [-0.1, -0.05) is 12.1 Å². The zero-order valence-corrected chi connectivity index (χ0v) is 12.5. The summed E-state index contributed by atoms with van der Waals surface area (Å²) in [7, 11) is 0. The van der Waals surface area contributed by atoms with E-state index in [1.54, 1.807) is 12.1 Å². The van der Waals surface area contributed by atoms with Crippen molar-refractivity contribution in [3.8, 4) is 0 Å². The molecule has 0 bridgehead atoms. The van der Waals surface area contributed by atoms with Crippen LogP contribution in [-0.4, -0.2) is 42.4 Å². The van der Waals surface area contributed by atoms with Crippen LogP contribution in [0.5, 0.6) is 0 Å². The highest BCUT2D eigenvalue weighted by Crippen LogP contribution is 2.26. The highest BCUT2D eigenvalue weighted by Gasteiger charge is 2.16. The molecule has 0 aliphatic carbocycles. The van der Waals surface area contributed by atoms with Crippen molar-refractivity contribution in [1.29, 1.82) is 0 Å². The first kappa shape index (κ1) is 14.5. The SMILES string of the molecule is Cc1ccc(C(=O)Nc2ccccc2N2CCOCC2)nn1. The van der Waals surface area contributed by atoms with Gasteiger partial charge in [-0.25, -0.2) is 0 Å². The molecule has 1 aliphatic heterocycles. The van der Waals surface area contributed by atoms with E-state index in [0.29, 0.717) is 18.9 Å². The lowest BCUT2D eigenvalue weighted by Gasteiger charge is -2.30. The van der Waals surface area contributed by atoms with Crippen LogP contribution in [0.4, 0.5) is 11.4 Å². The van der Waals surface area contributed by atoms with E-state index in [1.165, 1.54) is 0 Å². The average molecular weight is 298 g/mol. The van der Waals surface area contributed by atoms with Crippen LogP contribution in [0.2, 0.25) is 0 Å². The van der Waals surface area contributed by atoms with Crippen LogP contribution in [0.25, 0.3) is 0 Å². The Kier molecular flexibility index (Phi) is 4.29. The molecule has 1 saturated heterocycles. The number of nitrogens with zero attached hydrogens (tertiary/aromatic N) is 3. The summed E-state index contributed by atoms with van der Waals surface area (Å²) >= 11 is 0. The standard InChI is InChI=1S/C16H18N4O2/c1-12-6-7-14(19-18-12)16(21)17-13-4-2-3-5-15(13)20-8-10-22-11-9-20/h2-7H,8-11H2,1H3,(H,17,21). The van der Waals surface area contributed by atoms with E-state index >= 15 is 0 Å². The van der Waals surface area contributed by atoms with Crippen LogP contribution < -0.4 is 10.2 Å². The molecule has 1 aromatic carbocycles. The molecule has 0 saturated carbocycles. The fourth-order valence-electron chi connectivity index (χ4n) is 2.37. The van der Waals surface area contributed by atoms with Crippen LogP contribution >= 0.6 is 0 Å². The van der Waals surface area contributed by atoms with E-state index in [9.17, 15) is 4.79 Å². The minimum absolute atomic E-state index is 0.256. The Balaban J connectivity index is 1.79. The molecule has 22 heavy (non-hydrogen) atoms. The molecule has 2 aromatic rings. The molecule has 6 heteroatoms. The second-order valence-electron chi connectivity index (χ2n) is 5.13. The predicted octanol–water partition coefficient (Wildman–Crippen LogP) is 1.87. The molecule has 0 atom stereocenters. The summed E-state index contributed by atoms with van der Waals surface area (Å²) in [6.45, 7) is 4.87. The molecule has 2 heterocycles. The first-order chi connectivity index (χ1) is 10.7. The van der Waals surface area contributed by atoms with Crippen LogP contribution in [0.1, 0.15) is 16.2 Å². The number of amides is 1. The van der Waals surface area contributed by atoms with Gasteiger partial charge in [-0.2, -0.15) is 5.10 Å². The number of carbonyl (C=O) groups excluding carboxylic acids is 1. The third-order valence-electron chi connectivity index (χ3n) is 3.53. The lowest BCUT2D eigenvalue weighted by molar-refractivity contribution is 0.102.